The highest BCUT2D eigenvalue weighted by Gasteiger charge is 1.98. The number of rotatable bonds is 1. The van der Waals surface area contributed by atoms with Crippen molar-refractivity contribution in [2.24, 2.45) is 5.84 Å². The van der Waals surface area contributed by atoms with Gasteiger partial charge in [-0.3, -0.25) is 0 Å². The molecule has 0 aromatic heterocycles. The maximum absolute atomic E-state index is 9.73. The molecular weight excluding hydrogens is 131 g/mol. The molecule has 0 radical (unpaired) electrons. The first-order valence-corrected chi connectivity index (χ1v) is 1.93. The Hall–Kier alpha value is -0.480. The average Bonchev–Trinajstić information content (AvgIpc) is 1.65. The average molecular weight is 141 g/mol. The molecule has 0 fully saturated rings. The number of hydrazine groups is 1. The Bertz CT molecular complexity index is 77.7. The summed E-state index contributed by atoms with van der Waals surface area (Å²) >= 11 is 0. The number of nitrogens with zero attached hydrogens (tertiary/aromatic N) is 1. The summed E-state index contributed by atoms with van der Waals surface area (Å²) in [5.74, 6) is 4.85. The maximum Gasteiger partial charge on any atom is 0.421 e. The lowest BCUT2D eigenvalue weighted by molar-refractivity contribution is 0.148. The molecule has 0 aliphatic rings. The molecule has 0 saturated carbocycles. The van der Waals surface area contributed by atoms with Gasteiger partial charge in [-0.1, -0.05) is 0 Å². The van der Waals surface area contributed by atoms with Gasteiger partial charge in [-0.2, -0.15) is 0 Å². The van der Waals surface area contributed by atoms with Gasteiger partial charge in [-0.05, 0) is 6.92 Å². The number of hydrogen-bond donors (Lipinski definition) is 2. The summed E-state index contributed by atoms with van der Waals surface area (Å²) in [5.41, 5.74) is 0. The zero-order chi connectivity index (χ0) is 5.86. The van der Waals surface area contributed by atoms with E-state index in [1.807, 2.05) is 0 Å². The van der Waals surface area contributed by atoms with Gasteiger partial charge in [-0.25, -0.2) is 15.6 Å². The van der Waals surface area contributed by atoms with E-state index in [1.165, 1.54) is 0 Å². The first kappa shape index (κ1) is 10.5. The van der Waals surface area contributed by atoms with Gasteiger partial charge in [0.25, 0.3) is 0 Å². The molecule has 0 heterocycles. The van der Waals surface area contributed by atoms with Crippen LogP contribution in [0.15, 0.2) is 0 Å². The third-order valence-corrected chi connectivity index (χ3v) is 0.586. The minimum atomic E-state index is -1.09. The summed E-state index contributed by atoms with van der Waals surface area (Å²) in [5, 5.41) is 8.69. The summed E-state index contributed by atoms with van der Waals surface area (Å²) in [4.78, 5) is 9.73. The van der Waals surface area contributed by atoms with Crippen LogP contribution < -0.4 is 5.84 Å². The van der Waals surface area contributed by atoms with Gasteiger partial charge >= 0.3 is 6.09 Å². The van der Waals surface area contributed by atoms with Crippen molar-refractivity contribution in [3.05, 3.63) is 0 Å². The van der Waals surface area contributed by atoms with Crippen LogP contribution in [-0.4, -0.2) is 22.8 Å². The van der Waals surface area contributed by atoms with E-state index in [-0.39, 0.29) is 12.4 Å². The molecule has 0 saturated heterocycles. The van der Waals surface area contributed by atoms with E-state index in [9.17, 15) is 4.79 Å². The Balaban J connectivity index is 0. The van der Waals surface area contributed by atoms with Gasteiger partial charge in [0.05, 0.1) is 0 Å². The van der Waals surface area contributed by atoms with Crippen LogP contribution in [0.25, 0.3) is 0 Å². The van der Waals surface area contributed by atoms with Crippen LogP contribution in [0.5, 0.6) is 0 Å². The van der Waals surface area contributed by atoms with Crippen molar-refractivity contribution in [2.75, 3.05) is 6.54 Å². The number of amides is 1. The summed E-state index contributed by atoms with van der Waals surface area (Å²) < 4.78 is 0. The van der Waals surface area contributed by atoms with Gasteiger partial charge < -0.3 is 5.11 Å². The van der Waals surface area contributed by atoms with E-state index in [4.69, 9.17) is 10.9 Å². The van der Waals surface area contributed by atoms with Crippen molar-refractivity contribution in [3.8, 4) is 0 Å². The molecule has 0 aromatic carbocycles. The highest BCUT2D eigenvalue weighted by atomic mass is 35.5. The molecular formula is C3H9ClN2O2. The third kappa shape index (κ3) is 3.70. The fraction of sp³-hybridized carbons (Fsp3) is 0.667. The van der Waals surface area contributed by atoms with E-state index in [0.29, 0.717) is 11.6 Å². The van der Waals surface area contributed by atoms with E-state index in [2.05, 4.69) is 0 Å². The van der Waals surface area contributed by atoms with Crippen molar-refractivity contribution in [2.45, 2.75) is 6.92 Å². The predicted octanol–water partition coefficient (Wildman–Crippen LogP) is 0.282. The van der Waals surface area contributed by atoms with Crippen LogP contribution in [0.4, 0.5) is 4.79 Å². The number of hydrogen-bond acceptors (Lipinski definition) is 2. The fourth-order valence-electron chi connectivity index (χ4n) is 0.135. The Labute approximate surface area is 53.6 Å². The normalized spacial score (nSPS) is 7.25. The van der Waals surface area contributed by atoms with E-state index in [1.54, 1.807) is 6.92 Å². The maximum atomic E-state index is 9.73. The lowest BCUT2D eigenvalue weighted by Gasteiger charge is -2.06. The van der Waals surface area contributed by atoms with Crippen LogP contribution in [0.1, 0.15) is 6.92 Å². The van der Waals surface area contributed by atoms with E-state index < -0.39 is 6.09 Å². The molecule has 0 bridgehead atoms. The highest BCUT2D eigenvalue weighted by Crippen LogP contribution is 1.73. The van der Waals surface area contributed by atoms with Gasteiger partial charge in [-0.15, -0.1) is 12.4 Å². The van der Waals surface area contributed by atoms with Gasteiger partial charge in [0, 0.05) is 6.54 Å². The largest absolute Gasteiger partial charge is 0.464 e. The standard InChI is InChI=1S/C3H8N2O2.ClH/c1-2-5(4)3(6)7;/h2,4H2,1H3,(H,6,7);1H. The van der Waals surface area contributed by atoms with Crippen LogP contribution in [0, 0.1) is 0 Å². The number of halogens is 1. The molecule has 0 atom stereocenters. The second-order valence-electron chi connectivity index (χ2n) is 1.07. The lowest BCUT2D eigenvalue weighted by Crippen LogP contribution is -2.35. The van der Waals surface area contributed by atoms with Gasteiger partial charge in [0.1, 0.15) is 0 Å². The van der Waals surface area contributed by atoms with E-state index in [0.717, 1.165) is 0 Å². The first-order chi connectivity index (χ1) is 3.18. The molecule has 50 valence electrons. The smallest absolute Gasteiger partial charge is 0.421 e. The highest BCUT2D eigenvalue weighted by molar-refractivity contribution is 5.85. The van der Waals surface area contributed by atoms with Crippen LogP contribution in [-0.2, 0) is 0 Å². The molecule has 0 aliphatic carbocycles. The molecule has 0 aliphatic heterocycles. The van der Waals surface area contributed by atoms with Crippen LogP contribution in [0.3, 0.4) is 0 Å². The Morgan fingerprint density at radius 2 is 2.25 bits per heavy atom. The second-order valence-corrected chi connectivity index (χ2v) is 1.07. The summed E-state index contributed by atoms with van der Waals surface area (Å²) in [6.07, 6.45) is -1.09. The van der Waals surface area contributed by atoms with Gasteiger partial charge in [0.15, 0.2) is 0 Å². The molecule has 8 heavy (non-hydrogen) atoms. The molecule has 3 N–H and O–H groups in total. The zero-order valence-electron chi connectivity index (χ0n) is 4.50. The SMILES string of the molecule is CCN(N)C(=O)O.Cl. The predicted molar refractivity (Wildman–Crippen MR) is 31.8 cm³/mol. The van der Waals surface area contributed by atoms with Crippen molar-refractivity contribution < 1.29 is 9.90 Å². The summed E-state index contributed by atoms with van der Waals surface area (Å²) in [6, 6.07) is 0. The summed E-state index contributed by atoms with van der Waals surface area (Å²) in [7, 11) is 0. The van der Waals surface area contributed by atoms with Gasteiger partial charge in [0.2, 0.25) is 0 Å². The van der Waals surface area contributed by atoms with Crippen molar-refractivity contribution >= 4 is 18.5 Å². The summed E-state index contributed by atoms with van der Waals surface area (Å²) in [6.45, 7) is 1.99. The molecule has 5 heteroatoms. The molecule has 1 amide bonds. The zero-order valence-corrected chi connectivity index (χ0v) is 5.31. The van der Waals surface area contributed by atoms with Crippen molar-refractivity contribution in [1.29, 1.82) is 0 Å². The topological polar surface area (TPSA) is 66.6 Å². The third-order valence-electron chi connectivity index (χ3n) is 0.586. The number of carboxylic acid groups (broad SMARTS) is 1. The Morgan fingerprint density at radius 3 is 2.25 bits per heavy atom. The molecule has 0 rings (SSSR count). The van der Waals surface area contributed by atoms with Crippen LogP contribution >= 0.6 is 12.4 Å². The molecule has 0 aromatic rings. The minimum Gasteiger partial charge on any atom is -0.464 e. The van der Waals surface area contributed by atoms with Crippen molar-refractivity contribution in [3.63, 3.8) is 0 Å². The second kappa shape index (κ2) is 4.67. The quantitative estimate of drug-likeness (QED) is 0.312. The first-order valence-electron chi connectivity index (χ1n) is 1.93. The number of carbonyl (C=O) groups is 1. The fourth-order valence-corrected chi connectivity index (χ4v) is 0.135. The van der Waals surface area contributed by atoms with Crippen LogP contribution in [0.2, 0.25) is 0 Å². The molecule has 4 nitrogen and oxygen atoms in total. The Kier molecular flexibility index (Phi) is 6.13. The number of nitrogens with two attached hydrogens (primary N) is 1. The monoisotopic (exact) mass is 140 g/mol. The van der Waals surface area contributed by atoms with E-state index >= 15 is 0 Å². The minimum absolute atomic E-state index is 0. The van der Waals surface area contributed by atoms with Crippen molar-refractivity contribution in [1.82, 2.24) is 5.01 Å². The Morgan fingerprint density at radius 1 is 1.88 bits per heavy atom. The molecule has 0 spiro atoms. The lowest BCUT2D eigenvalue weighted by atomic mass is 10.7. The molecule has 0 unspecified atom stereocenters.